The van der Waals surface area contributed by atoms with Crippen LogP contribution in [-0.4, -0.2) is 24.3 Å². The van der Waals surface area contributed by atoms with Crippen LogP contribution in [0.1, 0.15) is 5.56 Å². The Morgan fingerprint density at radius 2 is 1.88 bits per heavy atom. The fourth-order valence-electron chi connectivity index (χ4n) is 1.18. The fraction of sp³-hybridized carbons (Fsp3) is 0.333. The molecule has 0 saturated heterocycles. The summed E-state index contributed by atoms with van der Waals surface area (Å²) in [6, 6.07) is 5.48. The van der Waals surface area contributed by atoms with E-state index in [1.807, 2.05) is 0 Å². The van der Waals surface area contributed by atoms with Gasteiger partial charge in [-0.1, -0.05) is 34.7 Å². The number of nitro groups is 1. The monoisotopic (exact) mass is 370 g/mol. The Bertz CT molecular complexity index is 486. The number of sulfonamides is 1. The number of benzene rings is 1. The number of non-ortho nitro benzene ring substituents is 1. The Hall–Kier alpha value is -0.740. The lowest BCUT2D eigenvalue weighted by Gasteiger charge is -2.04. The number of alkyl halides is 1. The summed E-state index contributed by atoms with van der Waals surface area (Å²) in [4.78, 5) is 9.89. The van der Waals surface area contributed by atoms with Gasteiger partial charge in [-0.25, -0.2) is 13.1 Å². The summed E-state index contributed by atoms with van der Waals surface area (Å²) < 4.78 is 26.2. The second kappa shape index (κ2) is 6.26. The minimum atomic E-state index is -3.35. The van der Waals surface area contributed by atoms with Crippen molar-refractivity contribution in [1.29, 1.82) is 0 Å². The Morgan fingerprint density at radius 1 is 1.29 bits per heavy atom. The SMILES string of the molecule is O=[N+]([O-])c1ccc(CS(=O)(=O)NCCI)cc1. The smallest absolute Gasteiger partial charge is 0.258 e. The van der Waals surface area contributed by atoms with Crippen LogP contribution in [0.15, 0.2) is 24.3 Å². The van der Waals surface area contributed by atoms with Gasteiger partial charge in [-0.15, -0.1) is 0 Å². The first-order valence-corrected chi connectivity index (χ1v) is 7.89. The van der Waals surface area contributed by atoms with E-state index in [2.05, 4.69) is 27.3 Å². The van der Waals surface area contributed by atoms with Crippen LogP contribution in [0.2, 0.25) is 0 Å². The molecule has 0 unspecified atom stereocenters. The van der Waals surface area contributed by atoms with Crippen LogP contribution in [0.4, 0.5) is 5.69 Å². The molecular formula is C9H11IN2O4S. The zero-order valence-corrected chi connectivity index (χ0v) is 11.8. The minimum absolute atomic E-state index is 0.0497. The molecule has 0 heterocycles. The van der Waals surface area contributed by atoms with Gasteiger partial charge in [-0.3, -0.25) is 10.1 Å². The molecule has 0 aliphatic heterocycles. The van der Waals surface area contributed by atoms with Crippen molar-refractivity contribution >= 4 is 38.3 Å². The maximum atomic E-state index is 11.5. The number of rotatable bonds is 6. The zero-order chi connectivity index (χ0) is 12.9. The Balaban J connectivity index is 2.72. The molecule has 0 radical (unpaired) electrons. The van der Waals surface area contributed by atoms with Gasteiger partial charge in [-0.2, -0.15) is 0 Å². The van der Waals surface area contributed by atoms with Gasteiger partial charge in [0.2, 0.25) is 10.0 Å². The van der Waals surface area contributed by atoms with Crippen molar-refractivity contribution in [3.63, 3.8) is 0 Å². The third kappa shape index (κ3) is 4.96. The van der Waals surface area contributed by atoms with Gasteiger partial charge in [-0.05, 0) is 5.56 Å². The van der Waals surface area contributed by atoms with Crippen molar-refractivity contribution < 1.29 is 13.3 Å². The minimum Gasteiger partial charge on any atom is -0.258 e. The Kier molecular flexibility index (Phi) is 5.28. The summed E-state index contributed by atoms with van der Waals surface area (Å²) in [6.45, 7) is 0.385. The van der Waals surface area contributed by atoms with Gasteiger partial charge in [0.15, 0.2) is 0 Å². The summed E-state index contributed by atoms with van der Waals surface area (Å²) >= 11 is 2.07. The highest BCUT2D eigenvalue weighted by Gasteiger charge is 2.11. The standard InChI is InChI=1S/C9H11IN2O4S/c10-5-6-11-17(15,16)7-8-1-3-9(4-2-8)12(13)14/h1-4,11H,5-7H2. The summed E-state index contributed by atoms with van der Waals surface area (Å²) in [5, 5.41) is 10.4. The molecule has 0 fully saturated rings. The molecule has 17 heavy (non-hydrogen) atoms. The highest BCUT2D eigenvalue weighted by atomic mass is 127. The van der Waals surface area contributed by atoms with E-state index in [4.69, 9.17) is 0 Å². The first kappa shape index (κ1) is 14.3. The van der Waals surface area contributed by atoms with E-state index in [1.54, 1.807) is 0 Å². The molecule has 1 aromatic carbocycles. The van der Waals surface area contributed by atoms with E-state index in [-0.39, 0.29) is 11.4 Å². The molecule has 6 nitrogen and oxygen atoms in total. The average molecular weight is 370 g/mol. The van der Waals surface area contributed by atoms with Gasteiger partial charge in [0.1, 0.15) is 0 Å². The molecule has 0 saturated carbocycles. The molecular weight excluding hydrogens is 359 g/mol. The van der Waals surface area contributed by atoms with Crippen LogP contribution in [-0.2, 0) is 15.8 Å². The second-order valence-corrected chi connectivity index (χ2v) is 6.15. The maximum absolute atomic E-state index is 11.5. The lowest BCUT2D eigenvalue weighted by atomic mass is 10.2. The quantitative estimate of drug-likeness (QED) is 0.355. The van der Waals surface area contributed by atoms with Crippen LogP contribution in [0.3, 0.4) is 0 Å². The predicted octanol–water partition coefficient (Wildman–Crippen LogP) is 1.45. The van der Waals surface area contributed by atoms with Gasteiger partial charge < -0.3 is 0 Å². The molecule has 0 spiro atoms. The highest BCUT2D eigenvalue weighted by Crippen LogP contribution is 2.13. The van der Waals surface area contributed by atoms with Crippen LogP contribution in [0.5, 0.6) is 0 Å². The zero-order valence-electron chi connectivity index (χ0n) is 8.80. The summed E-state index contributed by atoms with van der Waals surface area (Å²) in [6.07, 6.45) is 0. The number of nitro benzene ring substituents is 1. The molecule has 0 aliphatic carbocycles. The molecule has 0 bridgehead atoms. The second-order valence-electron chi connectivity index (χ2n) is 3.27. The molecule has 0 aromatic heterocycles. The van der Waals surface area contributed by atoms with E-state index < -0.39 is 14.9 Å². The lowest BCUT2D eigenvalue weighted by molar-refractivity contribution is -0.384. The topological polar surface area (TPSA) is 89.3 Å². The van der Waals surface area contributed by atoms with Crippen molar-refractivity contribution in [2.45, 2.75) is 5.75 Å². The van der Waals surface area contributed by atoms with E-state index in [1.165, 1.54) is 24.3 Å². The molecule has 1 rings (SSSR count). The summed E-state index contributed by atoms with van der Waals surface area (Å²) in [5.74, 6) is -0.165. The molecule has 8 heteroatoms. The maximum Gasteiger partial charge on any atom is 0.269 e. The molecule has 0 amide bonds. The molecule has 1 N–H and O–H groups in total. The van der Waals surface area contributed by atoms with Gasteiger partial charge in [0, 0.05) is 23.1 Å². The van der Waals surface area contributed by atoms with E-state index in [0.717, 1.165) is 0 Å². The Labute approximate surface area is 113 Å². The van der Waals surface area contributed by atoms with Gasteiger partial charge in [0.25, 0.3) is 5.69 Å². The van der Waals surface area contributed by atoms with E-state index in [9.17, 15) is 18.5 Å². The number of halogens is 1. The van der Waals surface area contributed by atoms with Crippen molar-refractivity contribution in [3.05, 3.63) is 39.9 Å². The number of hydrogen-bond acceptors (Lipinski definition) is 4. The first-order valence-electron chi connectivity index (χ1n) is 4.71. The third-order valence-electron chi connectivity index (χ3n) is 1.92. The van der Waals surface area contributed by atoms with Gasteiger partial charge >= 0.3 is 0 Å². The largest absolute Gasteiger partial charge is 0.269 e. The van der Waals surface area contributed by atoms with E-state index in [0.29, 0.717) is 16.5 Å². The predicted molar refractivity (Wildman–Crippen MR) is 72.6 cm³/mol. The normalized spacial score (nSPS) is 11.4. The van der Waals surface area contributed by atoms with Crippen molar-refractivity contribution in [3.8, 4) is 0 Å². The lowest BCUT2D eigenvalue weighted by Crippen LogP contribution is -2.26. The summed E-state index contributed by atoms with van der Waals surface area (Å²) in [5.41, 5.74) is 0.475. The van der Waals surface area contributed by atoms with Crippen LogP contribution < -0.4 is 4.72 Å². The van der Waals surface area contributed by atoms with Crippen LogP contribution in [0, 0.1) is 10.1 Å². The van der Waals surface area contributed by atoms with Crippen molar-refractivity contribution in [2.75, 3.05) is 11.0 Å². The average Bonchev–Trinajstić information content (AvgIpc) is 2.26. The molecule has 1 aromatic rings. The number of nitrogens with zero attached hydrogens (tertiary/aromatic N) is 1. The number of nitrogens with one attached hydrogen (secondary N) is 1. The van der Waals surface area contributed by atoms with Gasteiger partial charge in [0.05, 0.1) is 10.7 Å². The Morgan fingerprint density at radius 3 is 2.35 bits per heavy atom. The summed E-state index contributed by atoms with van der Waals surface area (Å²) in [7, 11) is -3.35. The molecule has 94 valence electrons. The van der Waals surface area contributed by atoms with Crippen LogP contribution >= 0.6 is 22.6 Å². The van der Waals surface area contributed by atoms with Crippen molar-refractivity contribution in [1.82, 2.24) is 4.72 Å². The van der Waals surface area contributed by atoms with E-state index >= 15 is 0 Å². The fourth-order valence-corrected chi connectivity index (χ4v) is 2.96. The first-order chi connectivity index (χ1) is 7.94. The third-order valence-corrected chi connectivity index (χ3v) is 3.82. The molecule has 0 aliphatic rings. The van der Waals surface area contributed by atoms with Crippen LogP contribution in [0.25, 0.3) is 0 Å². The molecule has 0 atom stereocenters. The highest BCUT2D eigenvalue weighted by molar-refractivity contribution is 14.1. The number of hydrogen-bond donors (Lipinski definition) is 1. The van der Waals surface area contributed by atoms with Crippen molar-refractivity contribution in [2.24, 2.45) is 0 Å².